The van der Waals surface area contributed by atoms with E-state index in [2.05, 4.69) is 19.2 Å². The minimum atomic E-state index is -0.462. The molecule has 1 aromatic rings. The molecule has 0 aliphatic carbocycles. The molecule has 1 N–H and O–H groups in total. The number of carbonyl (C=O) groups is 2. The van der Waals surface area contributed by atoms with Crippen molar-refractivity contribution in [1.82, 2.24) is 10.2 Å². The largest absolute Gasteiger partial charge is 0.493 e. The molecule has 3 rings (SSSR count). The molecule has 23 heavy (non-hydrogen) atoms. The van der Waals surface area contributed by atoms with Crippen LogP contribution in [0.3, 0.4) is 0 Å². The van der Waals surface area contributed by atoms with Crippen molar-refractivity contribution in [2.24, 2.45) is 5.92 Å². The van der Waals surface area contributed by atoms with Crippen LogP contribution < -0.4 is 10.1 Å². The molecule has 2 amide bonds. The van der Waals surface area contributed by atoms with Gasteiger partial charge in [0.05, 0.1) is 13.0 Å². The van der Waals surface area contributed by atoms with E-state index in [-0.39, 0.29) is 18.2 Å². The van der Waals surface area contributed by atoms with E-state index in [4.69, 9.17) is 4.74 Å². The Bertz CT molecular complexity index is 540. The number of nitrogens with one attached hydrogen (secondary N) is 1. The molecule has 0 saturated carbocycles. The predicted molar refractivity (Wildman–Crippen MR) is 89.3 cm³/mol. The predicted octanol–water partition coefficient (Wildman–Crippen LogP) is 2.00. The number of carbonyl (C=O) groups excluding carboxylic acids is 2. The maximum absolute atomic E-state index is 12.6. The van der Waals surface area contributed by atoms with E-state index in [1.165, 1.54) is 5.56 Å². The molecule has 1 atom stereocenters. The lowest BCUT2D eigenvalue weighted by molar-refractivity contribution is -0.136. The van der Waals surface area contributed by atoms with Crippen molar-refractivity contribution < 1.29 is 14.3 Å². The lowest BCUT2D eigenvalue weighted by atomic mass is 10.0. The third-order valence-corrected chi connectivity index (χ3v) is 3.97. The first-order valence-electron chi connectivity index (χ1n) is 8.22. The van der Waals surface area contributed by atoms with Gasteiger partial charge in [0.2, 0.25) is 11.8 Å². The minimum Gasteiger partial charge on any atom is -0.493 e. The van der Waals surface area contributed by atoms with E-state index in [1.807, 2.05) is 24.3 Å². The molecule has 0 aromatic heterocycles. The van der Waals surface area contributed by atoms with Crippen molar-refractivity contribution in [2.75, 3.05) is 20.2 Å². The molecule has 1 aromatic carbocycles. The zero-order chi connectivity index (χ0) is 16.8. The van der Waals surface area contributed by atoms with Crippen molar-refractivity contribution >= 4 is 11.8 Å². The van der Waals surface area contributed by atoms with Gasteiger partial charge in [-0.25, -0.2) is 0 Å². The Labute approximate surface area is 138 Å². The highest BCUT2D eigenvalue weighted by Gasteiger charge is 2.24. The standard InChI is InChI=1S/C18H26N2O3/c1-13(2)12-16-18(22)20(3)10-8-14-4-6-15(7-5-14)23-11-9-17(21)19-16/h4-7,13,16H,8-12H2,1-3H3,(H,19,21). The monoisotopic (exact) mass is 318 g/mol. The summed E-state index contributed by atoms with van der Waals surface area (Å²) in [5.74, 6) is 0.925. The van der Waals surface area contributed by atoms with E-state index in [1.54, 1.807) is 11.9 Å². The summed E-state index contributed by atoms with van der Waals surface area (Å²) in [5.41, 5.74) is 1.17. The normalized spacial score (nSPS) is 20.2. The lowest BCUT2D eigenvalue weighted by Gasteiger charge is -2.26. The van der Waals surface area contributed by atoms with Gasteiger partial charge < -0.3 is 15.0 Å². The van der Waals surface area contributed by atoms with Gasteiger partial charge in [0.25, 0.3) is 0 Å². The number of nitrogens with zero attached hydrogens (tertiary/aromatic N) is 1. The molecule has 1 unspecified atom stereocenters. The van der Waals surface area contributed by atoms with Crippen LogP contribution in [-0.2, 0) is 16.0 Å². The molecule has 2 aliphatic heterocycles. The molecule has 2 aliphatic rings. The summed E-state index contributed by atoms with van der Waals surface area (Å²) in [4.78, 5) is 26.4. The maximum atomic E-state index is 12.6. The van der Waals surface area contributed by atoms with Crippen LogP contribution in [0, 0.1) is 5.92 Å². The molecule has 0 fully saturated rings. The van der Waals surface area contributed by atoms with Crippen molar-refractivity contribution in [3.63, 3.8) is 0 Å². The highest BCUT2D eigenvalue weighted by atomic mass is 16.5. The van der Waals surface area contributed by atoms with Gasteiger partial charge in [-0.05, 0) is 36.5 Å². The van der Waals surface area contributed by atoms with E-state index < -0.39 is 6.04 Å². The molecule has 5 nitrogen and oxygen atoms in total. The van der Waals surface area contributed by atoms with E-state index >= 15 is 0 Å². The van der Waals surface area contributed by atoms with Crippen LogP contribution in [0.4, 0.5) is 0 Å². The fourth-order valence-corrected chi connectivity index (χ4v) is 2.65. The second-order valence-electron chi connectivity index (χ2n) is 6.50. The summed E-state index contributed by atoms with van der Waals surface area (Å²) in [6.45, 7) is 5.04. The molecule has 0 saturated heterocycles. The van der Waals surface area contributed by atoms with Crippen LogP contribution in [-0.4, -0.2) is 43.0 Å². The van der Waals surface area contributed by atoms with Gasteiger partial charge in [-0.15, -0.1) is 0 Å². The maximum Gasteiger partial charge on any atom is 0.244 e. The highest BCUT2D eigenvalue weighted by Crippen LogP contribution is 2.14. The Morgan fingerprint density at radius 2 is 1.91 bits per heavy atom. The summed E-state index contributed by atoms with van der Waals surface area (Å²) in [6.07, 6.45) is 1.67. The van der Waals surface area contributed by atoms with Crippen LogP contribution in [0.1, 0.15) is 32.3 Å². The second kappa shape index (κ2) is 7.99. The topological polar surface area (TPSA) is 58.6 Å². The second-order valence-corrected chi connectivity index (χ2v) is 6.50. The smallest absolute Gasteiger partial charge is 0.244 e. The number of amides is 2. The first kappa shape index (κ1) is 17.3. The average Bonchev–Trinajstić information content (AvgIpc) is 2.51. The zero-order valence-corrected chi connectivity index (χ0v) is 14.2. The van der Waals surface area contributed by atoms with E-state index in [0.717, 1.165) is 12.2 Å². The molecule has 0 spiro atoms. The van der Waals surface area contributed by atoms with Crippen LogP contribution in [0.25, 0.3) is 0 Å². The Balaban J connectivity index is 2.15. The number of fused-ring (bicyclic) bond motifs is 11. The van der Waals surface area contributed by atoms with Crippen molar-refractivity contribution in [3.05, 3.63) is 29.8 Å². The Kier molecular flexibility index (Phi) is 6.02. The fourth-order valence-electron chi connectivity index (χ4n) is 2.65. The van der Waals surface area contributed by atoms with Crippen molar-refractivity contribution in [1.29, 1.82) is 0 Å². The van der Waals surface area contributed by atoms with Gasteiger partial charge in [-0.1, -0.05) is 26.0 Å². The van der Waals surface area contributed by atoms with Crippen LogP contribution in [0.5, 0.6) is 5.75 Å². The number of hydrogen-bond acceptors (Lipinski definition) is 3. The number of benzene rings is 1. The number of rotatable bonds is 2. The van der Waals surface area contributed by atoms with E-state index in [9.17, 15) is 9.59 Å². The third-order valence-electron chi connectivity index (χ3n) is 3.97. The van der Waals surface area contributed by atoms with Crippen molar-refractivity contribution in [3.8, 4) is 5.75 Å². The Morgan fingerprint density at radius 1 is 1.22 bits per heavy atom. The Morgan fingerprint density at radius 3 is 2.57 bits per heavy atom. The summed E-state index contributed by atoms with van der Waals surface area (Å²) in [5, 5.41) is 2.86. The average molecular weight is 318 g/mol. The van der Waals surface area contributed by atoms with Gasteiger partial charge in [0, 0.05) is 13.6 Å². The molecule has 0 radical (unpaired) electrons. The fraction of sp³-hybridized carbons (Fsp3) is 0.556. The van der Waals surface area contributed by atoms with Gasteiger partial charge in [0.1, 0.15) is 11.8 Å². The first-order chi connectivity index (χ1) is 11.0. The zero-order valence-electron chi connectivity index (χ0n) is 14.2. The molecular weight excluding hydrogens is 292 g/mol. The molecular formula is C18H26N2O3. The van der Waals surface area contributed by atoms with Gasteiger partial charge in [-0.3, -0.25) is 9.59 Å². The minimum absolute atomic E-state index is 0.0263. The molecule has 2 bridgehead atoms. The summed E-state index contributed by atoms with van der Waals surface area (Å²) < 4.78 is 5.58. The number of likely N-dealkylation sites (N-methyl/N-ethyl adjacent to an activating group) is 1. The summed E-state index contributed by atoms with van der Waals surface area (Å²) in [7, 11) is 1.80. The number of ether oxygens (including phenoxy) is 1. The first-order valence-corrected chi connectivity index (χ1v) is 8.22. The van der Waals surface area contributed by atoms with Gasteiger partial charge in [-0.2, -0.15) is 0 Å². The molecule has 2 heterocycles. The molecule has 5 heteroatoms. The lowest BCUT2D eigenvalue weighted by Crippen LogP contribution is -2.48. The SMILES string of the molecule is CC(C)CC1NC(=O)CCOc2ccc(cc2)CCN(C)C1=O. The quantitative estimate of drug-likeness (QED) is 0.907. The van der Waals surface area contributed by atoms with Crippen LogP contribution in [0.15, 0.2) is 24.3 Å². The highest BCUT2D eigenvalue weighted by molar-refractivity contribution is 5.87. The molecule has 126 valence electrons. The summed E-state index contributed by atoms with van der Waals surface area (Å²) >= 11 is 0. The van der Waals surface area contributed by atoms with Crippen LogP contribution in [0.2, 0.25) is 0 Å². The van der Waals surface area contributed by atoms with Crippen molar-refractivity contribution in [2.45, 2.75) is 39.2 Å². The van der Waals surface area contributed by atoms with Gasteiger partial charge in [0.15, 0.2) is 0 Å². The van der Waals surface area contributed by atoms with Gasteiger partial charge >= 0.3 is 0 Å². The summed E-state index contributed by atoms with van der Waals surface area (Å²) in [6, 6.07) is 7.36. The van der Waals surface area contributed by atoms with Crippen LogP contribution >= 0.6 is 0 Å². The van der Waals surface area contributed by atoms with E-state index in [0.29, 0.717) is 25.5 Å². The third kappa shape index (κ3) is 5.27. The number of hydrogen-bond donors (Lipinski definition) is 1. The Hall–Kier alpha value is -2.04.